The van der Waals surface area contributed by atoms with Gasteiger partial charge in [0.05, 0.1) is 24.1 Å². The van der Waals surface area contributed by atoms with Gasteiger partial charge in [-0.2, -0.15) is 0 Å². The van der Waals surface area contributed by atoms with E-state index in [-0.39, 0.29) is 30.2 Å². The number of thioether (sulfide) groups is 1. The Kier molecular flexibility index (Phi) is 6.87. The molecule has 2 aromatic carbocycles. The number of nitrogens with zero attached hydrogens (tertiary/aromatic N) is 1. The topological polar surface area (TPSA) is 55.8 Å². The summed E-state index contributed by atoms with van der Waals surface area (Å²) in [6.45, 7) is 8.48. The highest BCUT2D eigenvalue weighted by atomic mass is 32.2. The van der Waals surface area contributed by atoms with Gasteiger partial charge in [0.2, 0.25) is 0 Å². The van der Waals surface area contributed by atoms with Crippen LogP contribution < -0.4 is 9.47 Å². The van der Waals surface area contributed by atoms with Gasteiger partial charge in [-0.05, 0) is 54.8 Å². The fourth-order valence-corrected chi connectivity index (χ4v) is 4.39. The molecule has 5 nitrogen and oxygen atoms in total. The van der Waals surface area contributed by atoms with E-state index in [2.05, 4.69) is 6.07 Å². The van der Waals surface area contributed by atoms with E-state index in [1.54, 1.807) is 19.2 Å². The van der Waals surface area contributed by atoms with Gasteiger partial charge >= 0.3 is 0 Å². The number of amides is 2. The first-order valence-corrected chi connectivity index (χ1v) is 10.8. The van der Waals surface area contributed by atoms with Crippen LogP contribution in [0.25, 0.3) is 5.57 Å². The van der Waals surface area contributed by atoms with E-state index in [0.717, 1.165) is 22.4 Å². The number of ether oxygens (including phenoxy) is 2. The SMILES string of the molecule is COc1ccc(C2=C(SC(C)C)C(=O)N(CCOc3cc(C)cc(C)c3)C2=O)cc1. The molecule has 1 aliphatic rings. The summed E-state index contributed by atoms with van der Waals surface area (Å²) in [6, 6.07) is 13.2. The lowest BCUT2D eigenvalue weighted by Crippen LogP contribution is -2.35. The lowest BCUT2D eigenvalue weighted by molar-refractivity contribution is -0.136. The largest absolute Gasteiger partial charge is 0.497 e. The van der Waals surface area contributed by atoms with E-state index >= 15 is 0 Å². The van der Waals surface area contributed by atoms with Gasteiger partial charge in [0.1, 0.15) is 18.1 Å². The van der Waals surface area contributed by atoms with Gasteiger partial charge in [-0.3, -0.25) is 14.5 Å². The van der Waals surface area contributed by atoms with Crippen LogP contribution in [-0.4, -0.2) is 42.2 Å². The van der Waals surface area contributed by atoms with Crippen molar-refractivity contribution in [3.63, 3.8) is 0 Å². The minimum atomic E-state index is -0.280. The molecule has 0 radical (unpaired) electrons. The number of hydrogen-bond donors (Lipinski definition) is 0. The third-order valence-electron chi connectivity index (χ3n) is 4.64. The van der Waals surface area contributed by atoms with E-state index in [1.807, 2.05) is 52.0 Å². The first-order valence-electron chi connectivity index (χ1n) is 9.92. The van der Waals surface area contributed by atoms with Crippen LogP contribution in [0.15, 0.2) is 47.4 Å². The van der Waals surface area contributed by atoms with Crippen LogP contribution in [0.1, 0.15) is 30.5 Å². The fourth-order valence-electron chi connectivity index (χ4n) is 3.39. The van der Waals surface area contributed by atoms with Crippen molar-refractivity contribution in [3.8, 4) is 11.5 Å². The minimum Gasteiger partial charge on any atom is -0.497 e. The highest BCUT2D eigenvalue weighted by Gasteiger charge is 2.39. The molecule has 0 atom stereocenters. The lowest BCUT2D eigenvalue weighted by atomic mass is 10.1. The molecule has 0 saturated heterocycles. The van der Waals surface area contributed by atoms with Crippen LogP contribution in [0.5, 0.6) is 11.5 Å². The third kappa shape index (κ3) is 4.87. The van der Waals surface area contributed by atoms with Crippen LogP contribution in [-0.2, 0) is 9.59 Å². The Bertz CT molecular complexity index is 959. The standard InChI is InChI=1S/C24H27NO4S/c1-15(2)30-22-21(18-6-8-19(28-5)9-7-18)23(26)25(24(22)27)10-11-29-20-13-16(3)12-17(4)14-20/h6-9,12-15H,10-11H2,1-5H3. The summed E-state index contributed by atoms with van der Waals surface area (Å²) < 4.78 is 11.0. The number of benzene rings is 2. The molecular weight excluding hydrogens is 398 g/mol. The zero-order valence-corrected chi connectivity index (χ0v) is 18.8. The summed E-state index contributed by atoms with van der Waals surface area (Å²) in [6.07, 6.45) is 0. The van der Waals surface area contributed by atoms with Gasteiger partial charge in [-0.15, -0.1) is 11.8 Å². The van der Waals surface area contributed by atoms with Crippen molar-refractivity contribution in [2.45, 2.75) is 32.9 Å². The molecule has 0 bridgehead atoms. The molecule has 1 heterocycles. The second-order valence-electron chi connectivity index (χ2n) is 7.53. The van der Waals surface area contributed by atoms with E-state index < -0.39 is 0 Å². The number of carbonyl (C=O) groups excluding carboxylic acids is 2. The molecular formula is C24H27NO4S. The van der Waals surface area contributed by atoms with E-state index in [0.29, 0.717) is 16.2 Å². The lowest BCUT2D eigenvalue weighted by Gasteiger charge is -2.16. The van der Waals surface area contributed by atoms with Crippen LogP contribution in [0.2, 0.25) is 0 Å². The van der Waals surface area contributed by atoms with Crippen molar-refractivity contribution in [3.05, 3.63) is 64.1 Å². The molecule has 0 spiro atoms. The monoisotopic (exact) mass is 425 g/mol. The van der Waals surface area contributed by atoms with Crippen LogP contribution in [0.3, 0.4) is 0 Å². The molecule has 30 heavy (non-hydrogen) atoms. The average molecular weight is 426 g/mol. The maximum atomic E-state index is 13.2. The summed E-state index contributed by atoms with van der Waals surface area (Å²) in [5.74, 6) is 0.908. The molecule has 0 aromatic heterocycles. The average Bonchev–Trinajstić information content (AvgIpc) is 2.91. The minimum absolute atomic E-state index is 0.177. The summed E-state index contributed by atoms with van der Waals surface area (Å²) in [7, 11) is 1.59. The summed E-state index contributed by atoms with van der Waals surface area (Å²) in [5, 5.41) is 0.177. The van der Waals surface area contributed by atoms with Gasteiger partial charge < -0.3 is 9.47 Å². The van der Waals surface area contributed by atoms with Crippen molar-refractivity contribution in [2.24, 2.45) is 0 Å². The molecule has 158 valence electrons. The number of carbonyl (C=O) groups is 2. The molecule has 0 aliphatic carbocycles. The Morgan fingerprint density at radius 1 is 0.933 bits per heavy atom. The molecule has 0 saturated carbocycles. The van der Waals surface area contributed by atoms with Gasteiger partial charge in [-0.25, -0.2) is 0 Å². The Morgan fingerprint density at radius 2 is 1.57 bits per heavy atom. The third-order valence-corrected chi connectivity index (χ3v) is 5.72. The highest BCUT2D eigenvalue weighted by Crippen LogP contribution is 2.38. The van der Waals surface area contributed by atoms with Crippen LogP contribution >= 0.6 is 11.8 Å². The molecule has 1 aliphatic heterocycles. The van der Waals surface area contributed by atoms with E-state index in [9.17, 15) is 9.59 Å². The predicted octanol–water partition coefficient (Wildman–Crippen LogP) is 4.61. The predicted molar refractivity (Wildman–Crippen MR) is 121 cm³/mol. The highest BCUT2D eigenvalue weighted by molar-refractivity contribution is 8.04. The Labute approximate surface area is 182 Å². The Balaban J connectivity index is 1.79. The van der Waals surface area contributed by atoms with Gasteiger partial charge in [0.15, 0.2) is 0 Å². The van der Waals surface area contributed by atoms with Gasteiger partial charge in [-0.1, -0.05) is 32.0 Å². The number of rotatable bonds is 8. The van der Waals surface area contributed by atoms with Crippen molar-refractivity contribution in [1.82, 2.24) is 4.90 Å². The van der Waals surface area contributed by atoms with Crippen LogP contribution in [0.4, 0.5) is 0 Å². The molecule has 2 aromatic rings. The van der Waals surface area contributed by atoms with E-state index in [1.165, 1.54) is 16.7 Å². The Morgan fingerprint density at radius 3 is 2.13 bits per heavy atom. The molecule has 0 fully saturated rings. The maximum absolute atomic E-state index is 13.2. The zero-order chi connectivity index (χ0) is 21.8. The number of aryl methyl sites for hydroxylation is 2. The quantitative estimate of drug-likeness (QED) is 0.578. The molecule has 2 amide bonds. The second kappa shape index (κ2) is 9.39. The summed E-state index contributed by atoms with van der Waals surface area (Å²) in [4.78, 5) is 28.0. The molecule has 0 unspecified atom stereocenters. The Hall–Kier alpha value is -2.73. The number of methoxy groups -OCH3 is 1. The van der Waals surface area contributed by atoms with Crippen molar-refractivity contribution in [1.29, 1.82) is 0 Å². The van der Waals surface area contributed by atoms with Crippen molar-refractivity contribution in [2.75, 3.05) is 20.3 Å². The first kappa shape index (κ1) is 22.0. The number of hydrogen-bond acceptors (Lipinski definition) is 5. The van der Waals surface area contributed by atoms with Gasteiger partial charge in [0.25, 0.3) is 11.8 Å². The van der Waals surface area contributed by atoms with Crippen molar-refractivity contribution < 1.29 is 19.1 Å². The van der Waals surface area contributed by atoms with E-state index in [4.69, 9.17) is 9.47 Å². The fraction of sp³-hybridized carbons (Fsp3) is 0.333. The zero-order valence-electron chi connectivity index (χ0n) is 18.0. The normalized spacial score (nSPS) is 14.1. The van der Waals surface area contributed by atoms with Gasteiger partial charge in [0, 0.05) is 5.25 Å². The molecule has 3 rings (SSSR count). The van der Waals surface area contributed by atoms with Crippen LogP contribution in [0, 0.1) is 13.8 Å². The van der Waals surface area contributed by atoms with Crippen molar-refractivity contribution >= 4 is 29.1 Å². The second-order valence-corrected chi connectivity index (χ2v) is 9.12. The number of imide groups is 1. The summed E-state index contributed by atoms with van der Waals surface area (Å²) in [5.41, 5.74) is 3.39. The smallest absolute Gasteiger partial charge is 0.268 e. The first-order chi connectivity index (χ1) is 14.3. The molecule has 6 heteroatoms. The molecule has 0 N–H and O–H groups in total. The summed E-state index contributed by atoms with van der Waals surface area (Å²) >= 11 is 1.42. The maximum Gasteiger partial charge on any atom is 0.268 e.